The summed E-state index contributed by atoms with van der Waals surface area (Å²) in [7, 11) is -3.97. The van der Waals surface area contributed by atoms with Crippen molar-refractivity contribution < 1.29 is 12.6 Å². The Hall–Kier alpha value is 0.0600. The quantitative estimate of drug-likeness (QED) is 0.664. The number of nitrogens with one attached hydrogen (secondary N) is 1. The second-order valence-electron chi connectivity index (χ2n) is 4.08. The molecule has 0 aromatic carbocycles. The fraction of sp³-hybridized carbons (Fsp3) is 1.00. The summed E-state index contributed by atoms with van der Waals surface area (Å²) in [5, 5.41) is 3.28. The average molecular weight is 269 g/mol. The van der Waals surface area contributed by atoms with Gasteiger partial charge in [0.25, 0.3) is 0 Å². The van der Waals surface area contributed by atoms with E-state index in [1.807, 2.05) is 0 Å². The molecule has 0 spiro atoms. The van der Waals surface area contributed by atoms with Gasteiger partial charge in [0.1, 0.15) is 9.84 Å². The van der Waals surface area contributed by atoms with Crippen LogP contribution in [0.5, 0.6) is 0 Å². The first kappa shape index (κ1) is 16.1. The van der Waals surface area contributed by atoms with E-state index in [4.69, 9.17) is 0 Å². The molecule has 0 fully saturated rings. The van der Waals surface area contributed by atoms with E-state index in [1.165, 1.54) is 6.26 Å². The Kier molecular flexibility index (Phi) is 8.23. The third-order valence-corrected chi connectivity index (χ3v) is 4.85. The van der Waals surface area contributed by atoms with Gasteiger partial charge in [-0.25, -0.2) is 8.42 Å². The van der Waals surface area contributed by atoms with Crippen LogP contribution in [0.4, 0.5) is 0 Å². The predicted octanol–water partition coefficient (Wildman–Crippen LogP) is 0.558. The Morgan fingerprint density at radius 2 is 1.94 bits per heavy atom. The molecule has 0 amide bonds. The van der Waals surface area contributed by atoms with Crippen molar-refractivity contribution in [1.29, 1.82) is 0 Å². The second-order valence-corrected chi connectivity index (χ2v) is 8.03. The van der Waals surface area contributed by atoms with Gasteiger partial charge in [-0.15, -0.1) is 0 Å². The van der Waals surface area contributed by atoms with E-state index in [0.29, 0.717) is 11.8 Å². The van der Waals surface area contributed by atoms with E-state index in [0.717, 1.165) is 19.4 Å². The average Bonchev–Trinajstić information content (AvgIpc) is 2.14. The third kappa shape index (κ3) is 10.6. The van der Waals surface area contributed by atoms with E-state index >= 15 is 0 Å². The predicted molar refractivity (Wildman–Crippen MR) is 70.0 cm³/mol. The van der Waals surface area contributed by atoms with Gasteiger partial charge in [0.2, 0.25) is 0 Å². The summed E-state index contributed by atoms with van der Waals surface area (Å²) >= 11 is 0. The molecule has 0 saturated heterocycles. The van der Waals surface area contributed by atoms with Gasteiger partial charge in [0.05, 0.1) is 5.75 Å². The Morgan fingerprint density at radius 3 is 2.44 bits per heavy atom. The van der Waals surface area contributed by atoms with Crippen LogP contribution in [0, 0.1) is 0 Å². The highest BCUT2D eigenvalue weighted by Gasteiger charge is 2.07. The summed E-state index contributed by atoms with van der Waals surface area (Å²) in [5.74, 6) is 0.905. The van der Waals surface area contributed by atoms with Crippen molar-refractivity contribution in [2.24, 2.45) is 0 Å². The minimum atomic E-state index is -2.97. The zero-order valence-electron chi connectivity index (χ0n) is 10.4. The van der Waals surface area contributed by atoms with Gasteiger partial charge < -0.3 is 5.32 Å². The largest absolute Gasteiger partial charge is 0.315 e. The first-order valence-corrected chi connectivity index (χ1v) is 9.16. The zero-order valence-corrected chi connectivity index (χ0v) is 12.0. The number of hydrogen-bond acceptors (Lipinski definition) is 4. The normalized spacial score (nSPS) is 15.9. The van der Waals surface area contributed by atoms with Gasteiger partial charge in [0, 0.05) is 34.6 Å². The molecule has 2 atom stereocenters. The second kappa shape index (κ2) is 8.20. The van der Waals surface area contributed by atoms with Crippen LogP contribution in [0.25, 0.3) is 0 Å². The first-order chi connectivity index (χ1) is 7.35. The minimum absolute atomic E-state index is 0.0301. The van der Waals surface area contributed by atoms with Gasteiger partial charge in [-0.1, -0.05) is 6.92 Å². The lowest BCUT2D eigenvalue weighted by Gasteiger charge is -2.11. The molecular weight excluding hydrogens is 246 g/mol. The maximum Gasteiger partial charge on any atom is 0.148 e. The minimum Gasteiger partial charge on any atom is -0.315 e. The maximum absolute atomic E-state index is 11.5. The smallest absolute Gasteiger partial charge is 0.148 e. The van der Waals surface area contributed by atoms with Gasteiger partial charge in [-0.05, 0) is 26.3 Å². The molecule has 0 aliphatic heterocycles. The van der Waals surface area contributed by atoms with E-state index in [1.54, 1.807) is 0 Å². The molecule has 1 N–H and O–H groups in total. The topological polar surface area (TPSA) is 63.2 Å². The molecule has 0 aliphatic rings. The number of sulfone groups is 1. The van der Waals surface area contributed by atoms with Crippen molar-refractivity contribution >= 4 is 20.6 Å². The Labute approximate surface area is 102 Å². The SMILES string of the molecule is CCNC(C)CCCS(=O)CCS(C)(=O)=O. The molecule has 0 saturated carbocycles. The highest BCUT2D eigenvalue weighted by atomic mass is 32.2. The van der Waals surface area contributed by atoms with Crippen LogP contribution in [0.2, 0.25) is 0 Å². The summed E-state index contributed by atoms with van der Waals surface area (Å²) in [6, 6.07) is 0.442. The molecule has 0 bridgehead atoms. The van der Waals surface area contributed by atoms with Crippen molar-refractivity contribution in [3.8, 4) is 0 Å². The molecule has 0 rings (SSSR count). The van der Waals surface area contributed by atoms with Crippen molar-refractivity contribution in [3.63, 3.8) is 0 Å². The Morgan fingerprint density at radius 1 is 1.31 bits per heavy atom. The fourth-order valence-corrected chi connectivity index (χ4v) is 3.99. The van der Waals surface area contributed by atoms with Crippen molar-refractivity contribution in [2.75, 3.05) is 30.1 Å². The van der Waals surface area contributed by atoms with Crippen LogP contribution >= 0.6 is 0 Å². The van der Waals surface area contributed by atoms with Crippen LogP contribution in [-0.4, -0.2) is 48.7 Å². The van der Waals surface area contributed by atoms with Crippen LogP contribution in [0.1, 0.15) is 26.7 Å². The van der Waals surface area contributed by atoms with Crippen molar-refractivity contribution in [3.05, 3.63) is 0 Å². The summed E-state index contributed by atoms with van der Waals surface area (Å²) < 4.78 is 33.2. The molecule has 0 radical (unpaired) electrons. The standard InChI is InChI=1S/C10H23NO3S2/c1-4-11-10(2)6-5-7-15(12)8-9-16(3,13)14/h10-11H,4-9H2,1-3H3. The summed E-state index contributed by atoms with van der Waals surface area (Å²) in [5.41, 5.74) is 0. The van der Waals surface area contributed by atoms with Gasteiger partial charge in [0.15, 0.2) is 0 Å². The molecule has 4 nitrogen and oxygen atoms in total. The van der Waals surface area contributed by atoms with E-state index in [-0.39, 0.29) is 11.5 Å². The van der Waals surface area contributed by atoms with Crippen LogP contribution in [0.3, 0.4) is 0 Å². The highest BCUT2D eigenvalue weighted by molar-refractivity contribution is 7.92. The Bertz CT molecular complexity index is 301. The highest BCUT2D eigenvalue weighted by Crippen LogP contribution is 1.99. The molecule has 0 aliphatic carbocycles. The van der Waals surface area contributed by atoms with Gasteiger partial charge in [-0.3, -0.25) is 4.21 Å². The van der Waals surface area contributed by atoms with Crippen LogP contribution in [0.15, 0.2) is 0 Å². The third-order valence-electron chi connectivity index (χ3n) is 2.24. The molecule has 6 heteroatoms. The van der Waals surface area contributed by atoms with Gasteiger partial charge >= 0.3 is 0 Å². The fourth-order valence-electron chi connectivity index (χ4n) is 1.35. The van der Waals surface area contributed by atoms with Crippen LogP contribution in [-0.2, 0) is 20.6 Å². The lowest BCUT2D eigenvalue weighted by molar-refractivity contribution is 0.525. The van der Waals surface area contributed by atoms with E-state index < -0.39 is 20.6 Å². The first-order valence-electron chi connectivity index (χ1n) is 5.61. The molecule has 0 aromatic rings. The number of rotatable bonds is 9. The van der Waals surface area contributed by atoms with Gasteiger partial charge in [-0.2, -0.15) is 0 Å². The molecular formula is C10H23NO3S2. The number of hydrogen-bond donors (Lipinski definition) is 1. The summed E-state index contributed by atoms with van der Waals surface area (Å²) in [4.78, 5) is 0. The molecule has 16 heavy (non-hydrogen) atoms. The van der Waals surface area contributed by atoms with E-state index in [9.17, 15) is 12.6 Å². The molecule has 0 heterocycles. The monoisotopic (exact) mass is 269 g/mol. The molecule has 2 unspecified atom stereocenters. The summed E-state index contributed by atoms with van der Waals surface area (Å²) in [6.07, 6.45) is 3.04. The molecule has 98 valence electrons. The zero-order chi connectivity index (χ0) is 12.6. The van der Waals surface area contributed by atoms with Crippen molar-refractivity contribution in [2.45, 2.75) is 32.7 Å². The van der Waals surface area contributed by atoms with Crippen LogP contribution < -0.4 is 5.32 Å². The maximum atomic E-state index is 11.5. The molecule has 0 aromatic heterocycles. The lowest BCUT2D eigenvalue weighted by atomic mass is 10.2. The van der Waals surface area contributed by atoms with Crippen molar-refractivity contribution in [1.82, 2.24) is 5.32 Å². The van der Waals surface area contributed by atoms with E-state index in [2.05, 4.69) is 19.2 Å². The Balaban J connectivity index is 3.59. The lowest BCUT2D eigenvalue weighted by Crippen LogP contribution is -2.26. The summed E-state index contributed by atoms with van der Waals surface area (Å²) in [6.45, 7) is 5.10.